The molecule has 1 aromatic carbocycles. The van der Waals surface area contributed by atoms with Crippen molar-refractivity contribution in [1.82, 2.24) is 14.4 Å². The van der Waals surface area contributed by atoms with Crippen molar-refractivity contribution in [2.24, 2.45) is 0 Å². The Morgan fingerprint density at radius 2 is 1.96 bits per heavy atom. The number of nitro benzene ring substituents is 1. The van der Waals surface area contributed by atoms with Crippen molar-refractivity contribution < 1.29 is 4.92 Å². The van der Waals surface area contributed by atoms with Gasteiger partial charge in [0.2, 0.25) is 0 Å². The number of benzene rings is 1. The largest absolute Gasteiger partial charge is 0.274 e. The number of thiazole rings is 1. The molecule has 3 heterocycles. The van der Waals surface area contributed by atoms with Crippen LogP contribution in [-0.4, -0.2) is 19.3 Å². The van der Waals surface area contributed by atoms with Crippen LogP contribution in [0.25, 0.3) is 22.3 Å². The van der Waals surface area contributed by atoms with Gasteiger partial charge in [-0.3, -0.25) is 24.3 Å². The molecule has 0 N–H and O–H groups in total. The Bertz CT molecular complexity index is 1180. The number of non-ortho nitro benzene ring substituents is 1. The van der Waals surface area contributed by atoms with Crippen molar-refractivity contribution in [3.63, 3.8) is 0 Å². The minimum atomic E-state index is -0.453. The number of pyridine rings is 1. The lowest BCUT2D eigenvalue weighted by atomic mass is 10.1. The summed E-state index contributed by atoms with van der Waals surface area (Å²) in [5.41, 5.74) is 1.88. The molecule has 0 aliphatic rings. The summed E-state index contributed by atoms with van der Waals surface area (Å²) < 4.78 is 2.03. The Morgan fingerprint density at radius 1 is 1.16 bits per heavy atom. The highest BCUT2D eigenvalue weighted by Crippen LogP contribution is 2.22. The number of rotatable bonds is 3. The highest BCUT2D eigenvalue weighted by atomic mass is 32.1. The smallest absolute Gasteiger partial charge is 0.267 e. The molecule has 4 rings (SSSR count). The van der Waals surface area contributed by atoms with Gasteiger partial charge in [0.1, 0.15) is 0 Å². The number of aromatic nitrogens is 3. The van der Waals surface area contributed by atoms with Gasteiger partial charge in [0.05, 0.1) is 20.8 Å². The van der Waals surface area contributed by atoms with E-state index in [1.54, 1.807) is 30.6 Å². The molecule has 0 aliphatic carbocycles. The molecular formula is C17H10N4O3S. The summed E-state index contributed by atoms with van der Waals surface area (Å²) in [4.78, 5) is 32.0. The summed E-state index contributed by atoms with van der Waals surface area (Å²) in [6.07, 6.45) is 5.04. The summed E-state index contributed by atoms with van der Waals surface area (Å²) in [6, 6.07) is 11.6. The Morgan fingerprint density at radius 3 is 2.60 bits per heavy atom. The number of hydrogen-bond acceptors (Lipinski definition) is 6. The fourth-order valence-corrected chi connectivity index (χ4v) is 3.36. The number of nitrogens with zero attached hydrogens (tertiary/aromatic N) is 4. The van der Waals surface area contributed by atoms with E-state index >= 15 is 0 Å². The predicted molar refractivity (Wildman–Crippen MR) is 94.5 cm³/mol. The molecular weight excluding hydrogens is 340 g/mol. The molecule has 0 atom stereocenters. The molecule has 0 saturated carbocycles. The maximum Gasteiger partial charge on any atom is 0.274 e. The number of nitro groups is 1. The molecule has 3 aromatic heterocycles. The molecule has 0 bridgehead atoms. The van der Waals surface area contributed by atoms with Crippen LogP contribution in [0, 0.1) is 10.1 Å². The standard InChI is InChI=1S/C17H10N4O3S/c22-16-15(9-12-3-1-2-8-18-12)25-17-19-14(10-20(16)17)11-4-6-13(7-5-11)21(23)24/h1-10H/b15-9-. The fraction of sp³-hybridized carbons (Fsp3) is 0. The Kier molecular flexibility index (Phi) is 3.58. The first-order valence-electron chi connectivity index (χ1n) is 7.31. The normalized spacial score (nSPS) is 11.9. The van der Waals surface area contributed by atoms with Gasteiger partial charge in [0.25, 0.3) is 11.2 Å². The van der Waals surface area contributed by atoms with E-state index in [1.807, 2.05) is 18.2 Å². The molecule has 0 amide bonds. The van der Waals surface area contributed by atoms with Gasteiger partial charge >= 0.3 is 0 Å². The second-order valence-electron chi connectivity index (χ2n) is 5.25. The zero-order valence-electron chi connectivity index (χ0n) is 12.7. The second kappa shape index (κ2) is 5.91. The van der Waals surface area contributed by atoms with E-state index in [2.05, 4.69) is 9.97 Å². The van der Waals surface area contributed by atoms with Gasteiger partial charge in [-0.2, -0.15) is 0 Å². The molecule has 25 heavy (non-hydrogen) atoms. The Hall–Kier alpha value is -3.39. The van der Waals surface area contributed by atoms with Gasteiger partial charge in [-0.15, -0.1) is 0 Å². The molecule has 0 radical (unpaired) electrons. The lowest BCUT2D eigenvalue weighted by Crippen LogP contribution is -2.22. The molecule has 8 heteroatoms. The van der Waals surface area contributed by atoms with E-state index in [0.717, 1.165) is 5.56 Å². The number of imidazole rings is 1. The third-order valence-corrected chi connectivity index (χ3v) is 4.63. The first kappa shape index (κ1) is 15.2. The van der Waals surface area contributed by atoms with Crippen molar-refractivity contribution in [1.29, 1.82) is 0 Å². The topological polar surface area (TPSA) is 90.4 Å². The van der Waals surface area contributed by atoms with Crippen molar-refractivity contribution in [3.05, 3.63) is 85.6 Å². The van der Waals surface area contributed by atoms with E-state index in [-0.39, 0.29) is 11.2 Å². The Balaban J connectivity index is 1.76. The van der Waals surface area contributed by atoms with E-state index < -0.39 is 4.92 Å². The van der Waals surface area contributed by atoms with E-state index in [9.17, 15) is 14.9 Å². The molecule has 0 fully saturated rings. The van der Waals surface area contributed by atoms with Gasteiger partial charge in [0.15, 0.2) is 4.96 Å². The van der Waals surface area contributed by atoms with E-state index in [4.69, 9.17) is 0 Å². The van der Waals surface area contributed by atoms with Crippen LogP contribution in [0.5, 0.6) is 0 Å². The lowest BCUT2D eigenvalue weighted by molar-refractivity contribution is -0.384. The van der Waals surface area contributed by atoms with Crippen molar-refractivity contribution in [3.8, 4) is 11.3 Å². The second-order valence-corrected chi connectivity index (χ2v) is 6.26. The van der Waals surface area contributed by atoms with Gasteiger partial charge in [-0.05, 0) is 30.3 Å². The molecule has 0 spiro atoms. The third kappa shape index (κ3) is 2.79. The molecule has 7 nitrogen and oxygen atoms in total. The van der Waals surface area contributed by atoms with Gasteiger partial charge in [-0.25, -0.2) is 4.98 Å². The third-order valence-electron chi connectivity index (χ3n) is 3.65. The SMILES string of the molecule is O=c1/c(=C/c2ccccn2)sc2nc(-c3ccc([N+](=O)[O-])cc3)cn12. The molecule has 0 unspecified atom stereocenters. The number of fused-ring (bicyclic) bond motifs is 1. The molecule has 122 valence electrons. The summed E-state index contributed by atoms with van der Waals surface area (Å²) in [7, 11) is 0. The maximum atomic E-state index is 12.5. The Labute approximate surface area is 144 Å². The van der Waals surface area contributed by atoms with Crippen LogP contribution >= 0.6 is 11.3 Å². The van der Waals surface area contributed by atoms with Crippen molar-refractivity contribution in [2.75, 3.05) is 0 Å². The van der Waals surface area contributed by atoms with Gasteiger partial charge in [-0.1, -0.05) is 17.4 Å². The van der Waals surface area contributed by atoms with Crippen molar-refractivity contribution in [2.45, 2.75) is 0 Å². The van der Waals surface area contributed by atoms with E-state index in [0.29, 0.717) is 20.9 Å². The van der Waals surface area contributed by atoms with E-state index in [1.165, 1.54) is 27.9 Å². The summed E-state index contributed by atoms with van der Waals surface area (Å²) in [5, 5.41) is 10.7. The highest BCUT2D eigenvalue weighted by Gasteiger charge is 2.11. The fourth-order valence-electron chi connectivity index (χ4n) is 2.42. The monoisotopic (exact) mass is 350 g/mol. The van der Waals surface area contributed by atoms with Crippen LogP contribution in [0.2, 0.25) is 0 Å². The van der Waals surface area contributed by atoms with Crippen LogP contribution in [-0.2, 0) is 0 Å². The average molecular weight is 350 g/mol. The predicted octanol–water partition coefficient (Wildman–Crippen LogP) is 2.27. The average Bonchev–Trinajstić information content (AvgIpc) is 3.16. The number of hydrogen-bond donors (Lipinski definition) is 0. The van der Waals surface area contributed by atoms with Crippen LogP contribution in [0.3, 0.4) is 0 Å². The molecule has 0 saturated heterocycles. The van der Waals surface area contributed by atoms with Crippen LogP contribution in [0.15, 0.2) is 59.7 Å². The highest BCUT2D eigenvalue weighted by molar-refractivity contribution is 7.15. The summed E-state index contributed by atoms with van der Waals surface area (Å²) in [6.45, 7) is 0. The first-order chi connectivity index (χ1) is 12.1. The summed E-state index contributed by atoms with van der Waals surface area (Å²) in [5.74, 6) is 0. The zero-order chi connectivity index (χ0) is 17.4. The van der Waals surface area contributed by atoms with Crippen molar-refractivity contribution >= 4 is 28.1 Å². The minimum absolute atomic E-state index is 0.0153. The van der Waals surface area contributed by atoms with Gasteiger partial charge in [0, 0.05) is 30.1 Å². The molecule has 0 aliphatic heterocycles. The minimum Gasteiger partial charge on any atom is -0.267 e. The quantitative estimate of drug-likeness (QED) is 0.418. The zero-order valence-corrected chi connectivity index (χ0v) is 13.5. The first-order valence-corrected chi connectivity index (χ1v) is 8.13. The van der Waals surface area contributed by atoms with Crippen LogP contribution < -0.4 is 10.1 Å². The molecule has 4 aromatic rings. The van der Waals surface area contributed by atoms with Gasteiger partial charge < -0.3 is 0 Å². The maximum absolute atomic E-state index is 12.5. The van der Waals surface area contributed by atoms with Crippen LogP contribution in [0.1, 0.15) is 5.69 Å². The lowest BCUT2D eigenvalue weighted by Gasteiger charge is -1.95. The van der Waals surface area contributed by atoms with Crippen LogP contribution in [0.4, 0.5) is 5.69 Å². The summed E-state index contributed by atoms with van der Waals surface area (Å²) >= 11 is 1.28.